The number of pyridine rings is 1. The zero-order valence-electron chi connectivity index (χ0n) is 17.7. The lowest BCUT2D eigenvalue weighted by Gasteiger charge is -2.04. The average Bonchev–Trinajstić information content (AvgIpc) is 3.43. The van der Waals surface area contributed by atoms with E-state index in [2.05, 4.69) is 26.6 Å². The van der Waals surface area contributed by atoms with Gasteiger partial charge in [-0.15, -0.1) is 0 Å². The third-order valence-electron chi connectivity index (χ3n) is 5.44. The standard InChI is InChI=1S/C14H10N4.C11H13NO2/c1-2-4-12-11(3-1)14(17-16-12)10-5-6-13-15-7-8-18(13)9-10;1-14-10-6-4-9(5-7-10)12-11(13)8-2-3-8/h1-9H,(H,16,17);4-8H,2-3H2,1H3,(H,12,13). The predicted octanol–water partition coefficient (Wildman–Crippen LogP) is 4.92. The molecule has 3 heterocycles. The lowest BCUT2D eigenvalue weighted by atomic mass is 10.1. The molecular formula is C25H23N5O2. The van der Waals surface area contributed by atoms with Crippen LogP contribution in [0.25, 0.3) is 27.8 Å². The largest absolute Gasteiger partial charge is 0.497 e. The van der Waals surface area contributed by atoms with Crippen molar-refractivity contribution in [1.82, 2.24) is 19.6 Å². The first-order valence-corrected chi connectivity index (χ1v) is 10.5. The van der Waals surface area contributed by atoms with Crippen LogP contribution in [0.3, 0.4) is 0 Å². The minimum atomic E-state index is 0.134. The lowest BCUT2D eigenvalue weighted by molar-refractivity contribution is -0.117. The van der Waals surface area contributed by atoms with Crippen LogP contribution < -0.4 is 10.1 Å². The molecule has 1 saturated carbocycles. The molecule has 1 aliphatic rings. The molecule has 1 aliphatic carbocycles. The molecule has 32 heavy (non-hydrogen) atoms. The molecule has 0 spiro atoms. The molecule has 2 N–H and O–H groups in total. The lowest BCUT2D eigenvalue weighted by Crippen LogP contribution is -2.12. The smallest absolute Gasteiger partial charge is 0.227 e. The van der Waals surface area contributed by atoms with Gasteiger partial charge in [-0.1, -0.05) is 18.2 Å². The summed E-state index contributed by atoms with van der Waals surface area (Å²) in [6, 6.07) is 19.5. The Labute approximate surface area is 185 Å². The van der Waals surface area contributed by atoms with Crippen molar-refractivity contribution in [2.24, 2.45) is 5.92 Å². The number of hydrogen-bond acceptors (Lipinski definition) is 4. The molecule has 0 bridgehead atoms. The van der Waals surface area contributed by atoms with E-state index in [0.717, 1.165) is 52.1 Å². The van der Waals surface area contributed by atoms with Gasteiger partial charge in [0.15, 0.2) is 0 Å². The number of anilines is 1. The highest BCUT2D eigenvalue weighted by atomic mass is 16.5. The van der Waals surface area contributed by atoms with E-state index < -0.39 is 0 Å². The monoisotopic (exact) mass is 425 g/mol. The van der Waals surface area contributed by atoms with Gasteiger partial charge in [0.05, 0.1) is 12.6 Å². The van der Waals surface area contributed by atoms with Crippen molar-refractivity contribution < 1.29 is 9.53 Å². The highest BCUT2D eigenvalue weighted by Crippen LogP contribution is 2.30. The molecule has 6 rings (SSSR count). The fraction of sp³-hybridized carbons (Fsp3) is 0.160. The number of fused-ring (bicyclic) bond motifs is 2. The number of benzene rings is 2. The summed E-state index contributed by atoms with van der Waals surface area (Å²) in [6.45, 7) is 0. The van der Waals surface area contributed by atoms with Crippen LogP contribution in [0.15, 0.2) is 79.3 Å². The Morgan fingerprint density at radius 2 is 1.91 bits per heavy atom. The Kier molecular flexibility index (Phi) is 5.29. The van der Waals surface area contributed by atoms with Crippen LogP contribution in [0.4, 0.5) is 5.69 Å². The molecule has 0 aliphatic heterocycles. The van der Waals surface area contributed by atoms with Gasteiger partial charge >= 0.3 is 0 Å². The number of ether oxygens (including phenoxy) is 1. The van der Waals surface area contributed by atoms with E-state index in [1.165, 1.54) is 0 Å². The van der Waals surface area contributed by atoms with Gasteiger partial charge in [-0.25, -0.2) is 4.98 Å². The van der Waals surface area contributed by atoms with Crippen LogP contribution in [0.2, 0.25) is 0 Å². The van der Waals surface area contributed by atoms with E-state index in [1.54, 1.807) is 13.3 Å². The molecule has 3 aromatic heterocycles. The van der Waals surface area contributed by atoms with Crippen molar-refractivity contribution in [2.75, 3.05) is 12.4 Å². The van der Waals surface area contributed by atoms with Gasteiger partial charge in [0.25, 0.3) is 0 Å². The topological polar surface area (TPSA) is 84.3 Å². The van der Waals surface area contributed by atoms with Gasteiger partial charge in [0.2, 0.25) is 5.91 Å². The Hall–Kier alpha value is -4.13. The van der Waals surface area contributed by atoms with Crippen molar-refractivity contribution >= 4 is 28.1 Å². The molecule has 160 valence electrons. The van der Waals surface area contributed by atoms with Crippen molar-refractivity contribution in [3.05, 3.63) is 79.3 Å². The maximum absolute atomic E-state index is 11.4. The number of methoxy groups -OCH3 is 1. The van der Waals surface area contributed by atoms with E-state index in [0.29, 0.717) is 0 Å². The Bertz CT molecular complexity index is 1370. The van der Waals surface area contributed by atoms with Gasteiger partial charge in [-0.3, -0.25) is 9.89 Å². The van der Waals surface area contributed by atoms with Gasteiger partial charge < -0.3 is 14.5 Å². The summed E-state index contributed by atoms with van der Waals surface area (Å²) >= 11 is 0. The molecule has 0 unspecified atom stereocenters. The normalized spacial score (nSPS) is 12.9. The fourth-order valence-electron chi connectivity index (χ4n) is 3.51. The van der Waals surface area contributed by atoms with Crippen molar-refractivity contribution in [3.63, 3.8) is 0 Å². The summed E-state index contributed by atoms with van der Waals surface area (Å²) in [5.41, 5.74) is 4.89. The number of aromatic nitrogens is 4. The molecule has 0 saturated heterocycles. The molecule has 0 atom stereocenters. The maximum atomic E-state index is 11.4. The first-order valence-electron chi connectivity index (χ1n) is 10.5. The number of aromatic amines is 1. The second-order valence-corrected chi connectivity index (χ2v) is 7.72. The summed E-state index contributed by atoms with van der Waals surface area (Å²) < 4.78 is 7.02. The highest BCUT2D eigenvalue weighted by molar-refractivity contribution is 5.94. The maximum Gasteiger partial charge on any atom is 0.227 e. The summed E-state index contributed by atoms with van der Waals surface area (Å²) in [4.78, 5) is 15.6. The SMILES string of the molecule is COc1ccc(NC(=O)C2CC2)cc1.c1ccc2c(-c3ccc4nccn4c3)n[nH]c2c1. The number of nitrogens with one attached hydrogen (secondary N) is 2. The van der Waals surface area contributed by atoms with Gasteiger partial charge in [0.1, 0.15) is 17.1 Å². The summed E-state index contributed by atoms with van der Waals surface area (Å²) in [5, 5.41) is 11.4. The van der Waals surface area contributed by atoms with Crippen LogP contribution in [0.1, 0.15) is 12.8 Å². The number of H-pyrrole nitrogens is 1. The second kappa shape index (κ2) is 8.55. The molecule has 0 radical (unpaired) electrons. The number of carbonyl (C=O) groups excluding carboxylic acids is 1. The molecule has 7 heteroatoms. The van der Waals surface area contributed by atoms with E-state index in [-0.39, 0.29) is 11.8 Å². The van der Waals surface area contributed by atoms with Crippen LogP contribution >= 0.6 is 0 Å². The molecule has 1 amide bonds. The minimum Gasteiger partial charge on any atom is -0.497 e. The zero-order valence-corrected chi connectivity index (χ0v) is 17.7. The molecule has 5 aromatic rings. The summed E-state index contributed by atoms with van der Waals surface area (Å²) in [5.74, 6) is 1.18. The first kappa shape index (κ1) is 19.8. The molecule has 7 nitrogen and oxygen atoms in total. The second-order valence-electron chi connectivity index (χ2n) is 7.72. The zero-order chi connectivity index (χ0) is 21.9. The van der Waals surface area contributed by atoms with Gasteiger partial charge in [-0.2, -0.15) is 5.10 Å². The van der Waals surface area contributed by atoms with Crippen LogP contribution in [-0.2, 0) is 4.79 Å². The molecule has 2 aromatic carbocycles. The van der Waals surface area contributed by atoms with Crippen LogP contribution in [0.5, 0.6) is 5.75 Å². The number of hydrogen-bond donors (Lipinski definition) is 2. The fourth-order valence-corrected chi connectivity index (χ4v) is 3.51. The molecule has 1 fully saturated rings. The Balaban J connectivity index is 0.000000140. The van der Waals surface area contributed by atoms with Crippen molar-refractivity contribution in [1.29, 1.82) is 0 Å². The predicted molar refractivity (Wildman–Crippen MR) is 125 cm³/mol. The van der Waals surface area contributed by atoms with E-state index >= 15 is 0 Å². The van der Waals surface area contributed by atoms with E-state index in [9.17, 15) is 4.79 Å². The van der Waals surface area contributed by atoms with Gasteiger partial charge in [-0.05, 0) is 55.3 Å². The van der Waals surface area contributed by atoms with Crippen LogP contribution in [-0.4, -0.2) is 32.6 Å². The average molecular weight is 425 g/mol. The highest BCUT2D eigenvalue weighted by Gasteiger charge is 2.29. The number of para-hydroxylation sites is 1. The Morgan fingerprint density at radius 1 is 1.09 bits per heavy atom. The third-order valence-corrected chi connectivity index (χ3v) is 5.44. The number of carbonyl (C=O) groups is 1. The number of amides is 1. The number of rotatable bonds is 4. The van der Waals surface area contributed by atoms with Crippen molar-refractivity contribution in [2.45, 2.75) is 12.8 Å². The summed E-state index contributed by atoms with van der Waals surface area (Å²) in [6.07, 6.45) is 7.84. The first-order chi connectivity index (χ1) is 15.7. The van der Waals surface area contributed by atoms with Crippen LogP contribution in [0, 0.1) is 5.92 Å². The van der Waals surface area contributed by atoms with Gasteiger partial charge in [0, 0.05) is 41.1 Å². The van der Waals surface area contributed by atoms with E-state index in [1.807, 2.05) is 71.4 Å². The Morgan fingerprint density at radius 3 is 2.69 bits per heavy atom. The quantitative estimate of drug-likeness (QED) is 0.428. The summed E-state index contributed by atoms with van der Waals surface area (Å²) in [7, 11) is 1.62. The van der Waals surface area contributed by atoms with E-state index in [4.69, 9.17) is 4.74 Å². The number of imidazole rings is 1. The minimum absolute atomic E-state index is 0.134. The third kappa shape index (κ3) is 4.18. The number of nitrogens with zero attached hydrogens (tertiary/aromatic N) is 3. The molecular weight excluding hydrogens is 402 g/mol. The van der Waals surface area contributed by atoms with Crippen molar-refractivity contribution in [3.8, 4) is 17.0 Å².